The molecule has 0 fully saturated rings. The smallest absolute Gasteiger partial charge is 0.260 e. The molecule has 0 aliphatic carbocycles. The highest BCUT2D eigenvalue weighted by molar-refractivity contribution is 6.17. The number of carbonyl (C=O) groups is 3. The van der Waals surface area contributed by atoms with Crippen LogP contribution in [0.5, 0.6) is 0 Å². The third-order valence-electron chi connectivity index (χ3n) is 6.55. The summed E-state index contributed by atoms with van der Waals surface area (Å²) >= 11 is 0. The molecule has 0 saturated carbocycles. The Bertz CT molecular complexity index is 1460. The average molecular weight is 450 g/mol. The topological polar surface area (TPSA) is 74.7 Å². The normalized spacial score (nSPS) is 16.4. The van der Waals surface area contributed by atoms with Crippen molar-refractivity contribution in [1.29, 1.82) is 0 Å². The van der Waals surface area contributed by atoms with Gasteiger partial charge in [-0.2, -0.15) is 0 Å². The fraction of sp³-hybridized carbons (Fsp3) is 0.148. The second-order valence-corrected chi connectivity index (χ2v) is 8.50. The Morgan fingerprint density at radius 3 is 2.44 bits per heavy atom. The van der Waals surface area contributed by atoms with Crippen LogP contribution in [0.4, 0.5) is 5.69 Å². The van der Waals surface area contributed by atoms with E-state index in [1.54, 1.807) is 29.2 Å². The highest BCUT2D eigenvalue weighted by atomic mass is 16.2. The second kappa shape index (κ2) is 7.88. The summed E-state index contributed by atoms with van der Waals surface area (Å²) in [5, 5.41) is 4.08. The number of nitrogens with one attached hydrogen (secondary N) is 1. The fourth-order valence-corrected chi connectivity index (χ4v) is 5.00. The quantitative estimate of drug-likeness (QED) is 0.505. The van der Waals surface area contributed by atoms with Gasteiger partial charge in [-0.1, -0.05) is 48.5 Å². The van der Waals surface area contributed by atoms with E-state index in [9.17, 15) is 14.4 Å². The van der Waals surface area contributed by atoms with E-state index in [1.165, 1.54) is 4.90 Å². The van der Waals surface area contributed by atoms with Crippen molar-refractivity contribution in [3.63, 3.8) is 0 Å². The van der Waals surface area contributed by atoms with Crippen LogP contribution < -0.4 is 10.2 Å². The van der Waals surface area contributed by atoms with Gasteiger partial charge >= 0.3 is 0 Å². The van der Waals surface area contributed by atoms with E-state index >= 15 is 0 Å². The molecule has 2 aliphatic heterocycles. The van der Waals surface area contributed by atoms with Crippen LogP contribution in [-0.2, 0) is 11.3 Å². The van der Waals surface area contributed by atoms with Crippen LogP contribution >= 0.6 is 0 Å². The molecule has 1 atom stereocenters. The Kier molecular flexibility index (Phi) is 4.69. The molecule has 3 aromatic carbocycles. The second-order valence-electron chi connectivity index (χ2n) is 8.50. The molecule has 1 N–H and O–H groups in total. The summed E-state index contributed by atoms with van der Waals surface area (Å²) in [6.45, 7) is 0.912. The summed E-state index contributed by atoms with van der Waals surface area (Å²) in [6.07, 6.45) is 1.37. The maximum atomic E-state index is 13.4. The lowest BCUT2D eigenvalue weighted by Crippen LogP contribution is -2.51. The number of amides is 3. The van der Waals surface area contributed by atoms with Crippen LogP contribution in [0.25, 0.3) is 10.9 Å². The van der Waals surface area contributed by atoms with Gasteiger partial charge in [0.25, 0.3) is 11.8 Å². The Balaban J connectivity index is 1.23. The van der Waals surface area contributed by atoms with Gasteiger partial charge in [-0.15, -0.1) is 0 Å². The first-order valence-corrected chi connectivity index (χ1v) is 11.3. The largest absolute Gasteiger partial charge is 0.353 e. The monoisotopic (exact) mass is 450 g/mol. The molecule has 3 amide bonds. The molecule has 168 valence electrons. The van der Waals surface area contributed by atoms with E-state index in [-0.39, 0.29) is 24.3 Å². The predicted octanol–water partition coefficient (Wildman–Crippen LogP) is 3.57. The molecule has 6 rings (SSSR count). The van der Waals surface area contributed by atoms with Crippen molar-refractivity contribution in [2.75, 3.05) is 18.0 Å². The molecule has 0 saturated heterocycles. The number of rotatable bonds is 5. The molecule has 4 aromatic rings. The Morgan fingerprint density at radius 2 is 1.56 bits per heavy atom. The molecular weight excluding hydrogens is 428 g/mol. The third kappa shape index (κ3) is 3.08. The summed E-state index contributed by atoms with van der Waals surface area (Å²) in [4.78, 5) is 42.7. The number of fused-ring (bicyclic) bond motifs is 6. The zero-order valence-corrected chi connectivity index (χ0v) is 18.3. The number of hydrogen-bond acceptors (Lipinski definition) is 3. The standard InChI is InChI=1S/C27H22N4O3/c32-24(28-14-16-29-15-13-18-7-1-5-11-22(18)29)17-30-25-19-8-2-3-9-20(19)27(34)31(25)23-12-6-4-10-21(23)26(30)33/h1-13,15,25H,14,16-17H2,(H,28,32)/t25-/m0/s1. The van der Waals surface area contributed by atoms with Gasteiger partial charge in [-0.05, 0) is 35.7 Å². The van der Waals surface area contributed by atoms with E-state index in [2.05, 4.69) is 16.0 Å². The first-order valence-electron chi connectivity index (χ1n) is 11.3. The van der Waals surface area contributed by atoms with Crippen molar-refractivity contribution < 1.29 is 14.4 Å². The lowest BCUT2D eigenvalue weighted by molar-refractivity contribution is -0.122. The molecule has 34 heavy (non-hydrogen) atoms. The van der Waals surface area contributed by atoms with Gasteiger partial charge in [0.05, 0.1) is 11.3 Å². The number of nitrogens with zero attached hydrogens (tertiary/aromatic N) is 3. The molecule has 0 radical (unpaired) electrons. The number of anilines is 1. The van der Waals surface area contributed by atoms with Crippen molar-refractivity contribution in [2.24, 2.45) is 0 Å². The summed E-state index contributed by atoms with van der Waals surface area (Å²) in [5.74, 6) is -0.681. The summed E-state index contributed by atoms with van der Waals surface area (Å²) in [5.41, 5.74) is 3.40. The van der Waals surface area contributed by atoms with Crippen LogP contribution in [0.1, 0.15) is 32.4 Å². The Labute approximate surface area is 196 Å². The van der Waals surface area contributed by atoms with Gasteiger partial charge in [0, 0.05) is 35.9 Å². The van der Waals surface area contributed by atoms with Crippen LogP contribution in [0, 0.1) is 0 Å². The van der Waals surface area contributed by atoms with E-state index in [0.717, 1.165) is 16.5 Å². The number of hydrogen-bond donors (Lipinski definition) is 1. The zero-order valence-electron chi connectivity index (χ0n) is 18.3. The molecule has 1 aromatic heterocycles. The van der Waals surface area contributed by atoms with Gasteiger partial charge in [0.1, 0.15) is 12.7 Å². The van der Waals surface area contributed by atoms with Crippen LogP contribution in [0.3, 0.4) is 0 Å². The van der Waals surface area contributed by atoms with Crippen molar-refractivity contribution >= 4 is 34.3 Å². The average Bonchev–Trinajstić information content (AvgIpc) is 3.41. The van der Waals surface area contributed by atoms with E-state index in [4.69, 9.17) is 0 Å². The Hall–Kier alpha value is -4.39. The van der Waals surface area contributed by atoms with Crippen molar-refractivity contribution in [2.45, 2.75) is 12.7 Å². The van der Waals surface area contributed by atoms with Crippen LogP contribution in [-0.4, -0.2) is 40.3 Å². The van der Waals surface area contributed by atoms with E-state index < -0.39 is 6.17 Å². The molecular formula is C27H22N4O3. The highest BCUT2D eigenvalue weighted by Gasteiger charge is 2.47. The maximum absolute atomic E-state index is 13.4. The fourth-order valence-electron chi connectivity index (χ4n) is 5.00. The van der Waals surface area contributed by atoms with Crippen LogP contribution in [0.15, 0.2) is 85.1 Å². The summed E-state index contributed by atoms with van der Waals surface area (Å²) in [7, 11) is 0. The zero-order chi connectivity index (χ0) is 23.2. The molecule has 2 aliphatic rings. The molecule has 7 heteroatoms. The van der Waals surface area contributed by atoms with Crippen LogP contribution in [0.2, 0.25) is 0 Å². The third-order valence-corrected chi connectivity index (χ3v) is 6.55. The van der Waals surface area contributed by atoms with Gasteiger partial charge < -0.3 is 14.8 Å². The molecule has 3 heterocycles. The number of aromatic nitrogens is 1. The van der Waals surface area contributed by atoms with Gasteiger partial charge in [0.2, 0.25) is 5.91 Å². The van der Waals surface area contributed by atoms with Gasteiger partial charge in [0.15, 0.2) is 0 Å². The van der Waals surface area contributed by atoms with Crippen molar-refractivity contribution in [1.82, 2.24) is 14.8 Å². The molecule has 0 unspecified atom stereocenters. The first-order chi connectivity index (χ1) is 16.6. The lowest BCUT2D eigenvalue weighted by Gasteiger charge is -2.40. The first kappa shape index (κ1) is 20.2. The maximum Gasteiger partial charge on any atom is 0.260 e. The summed E-state index contributed by atoms with van der Waals surface area (Å²) in [6, 6.07) is 24.5. The molecule has 0 spiro atoms. The minimum atomic E-state index is -0.634. The molecule has 0 bridgehead atoms. The van der Waals surface area contributed by atoms with Crippen molar-refractivity contribution in [3.05, 3.63) is 102 Å². The minimum Gasteiger partial charge on any atom is -0.353 e. The van der Waals surface area contributed by atoms with E-state index in [1.807, 2.05) is 54.7 Å². The SMILES string of the molecule is O=C(CN1C(=O)c2ccccc2N2C(=O)c3ccccc3[C@@H]12)NCCn1ccc2ccccc21. The number of carbonyl (C=O) groups excluding carboxylic acids is 3. The lowest BCUT2D eigenvalue weighted by atomic mass is 10.0. The predicted molar refractivity (Wildman–Crippen MR) is 128 cm³/mol. The number of para-hydroxylation sites is 2. The number of benzene rings is 3. The highest BCUT2D eigenvalue weighted by Crippen LogP contribution is 2.44. The van der Waals surface area contributed by atoms with E-state index in [0.29, 0.717) is 29.9 Å². The Morgan fingerprint density at radius 1 is 0.824 bits per heavy atom. The van der Waals surface area contributed by atoms with Gasteiger partial charge in [-0.25, -0.2) is 0 Å². The molecule has 7 nitrogen and oxygen atoms in total. The minimum absolute atomic E-state index is 0.137. The van der Waals surface area contributed by atoms with Crippen molar-refractivity contribution in [3.8, 4) is 0 Å². The van der Waals surface area contributed by atoms with Gasteiger partial charge in [-0.3, -0.25) is 19.3 Å². The summed E-state index contributed by atoms with van der Waals surface area (Å²) < 4.78 is 2.09.